The van der Waals surface area contributed by atoms with Gasteiger partial charge in [-0.25, -0.2) is 4.79 Å². The van der Waals surface area contributed by atoms with Gasteiger partial charge in [0.2, 0.25) is 0 Å². The summed E-state index contributed by atoms with van der Waals surface area (Å²) in [6, 6.07) is 15.4. The summed E-state index contributed by atoms with van der Waals surface area (Å²) >= 11 is 0. The Labute approximate surface area is 174 Å². The average molecular weight is 420 g/mol. The molecule has 0 unspecified atom stereocenters. The summed E-state index contributed by atoms with van der Waals surface area (Å²) in [4.78, 5) is 25.0. The van der Waals surface area contributed by atoms with E-state index < -0.39 is 12.0 Å². The number of rotatable bonds is 8. The van der Waals surface area contributed by atoms with Gasteiger partial charge in [0.1, 0.15) is 17.5 Å². The molecule has 28 heavy (non-hydrogen) atoms. The Kier molecular flexibility index (Phi) is 8.26. The third kappa shape index (κ3) is 7.13. The molecule has 0 aliphatic rings. The minimum absolute atomic E-state index is 0.0471. The lowest BCUT2D eigenvalue weighted by Crippen LogP contribution is -2.43. The number of nitrogens with one attached hydrogen (secondary N) is 1. The molecule has 0 aliphatic carbocycles. The highest BCUT2D eigenvalue weighted by Crippen LogP contribution is 2.35. The Morgan fingerprint density at radius 2 is 1.68 bits per heavy atom. The lowest BCUT2D eigenvalue weighted by Gasteiger charge is -2.20. The number of hydrogen-bond donors (Lipinski definition) is 1. The topological polar surface area (TPSA) is 64.6 Å². The van der Waals surface area contributed by atoms with Crippen LogP contribution in [0.15, 0.2) is 54.6 Å². The van der Waals surface area contributed by atoms with Crippen LogP contribution in [0.4, 0.5) is 0 Å². The van der Waals surface area contributed by atoms with Crippen molar-refractivity contribution in [1.82, 2.24) is 5.32 Å². The second kappa shape index (κ2) is 10.4. The zero-order chi connectivity index (χ0) is 20.6. The average Bonchev–Trinajstić information content (AvgIpc) is 2.66. The van der Waals surface area contributed by atoms with Gasteiger partial charge in [-0.1, -0.05) is 72.7 Å². The van der Waals surface area contributed by atoms with E-state index in [1.807, 2.05) is 30.3 Å². The lowest BCUT2D eigenvalue weighted by molar-refractivity contribution is -0.142. The highest BCUT2D eigenvalue weighted by molar-refractivity contribution is 8.77. The molecule has 0 saturated carbocycles. The van der Waals surface area contributed by atoms with Crippen molar-refractivity contribution in [1.29, 1.82) is 0 Å². The SMILES string of the molecule is COC(=O)[C@H](CSSC(C)(C)C)NC(=O)c1ccccc1Oc1ccccc1. The van der Waals surface area contributed by atoms with E-state index in [1.54, 1.807) is 35.1 Å². The summed E-state index contributed by atoms with van der Waals surface area (Å²) in [7, 11) is 4.49. The Morgan fingerprint density at radius 1 is 1.04 bits per heavy atom. The molecule has 2 aromatic carbocycles. The van der Waals surface area contributed by atoms with Gasteiger partial charge in [-0.15, -0.1) is 0 Å². The molecule has 1 atom stereocenters. The highest BCUT2D eigenvalue weighted by Gasteiger charge is 2.25. The van der Waals surface area contributed by atoms with E-state index >= 15 is 0 Å². The summed E-state index contributed by atoms with van der Waals surface area (Å²) in [6.07, 6.45) is 0. The monoisotopic (exact) mass is 419 g/mol. The maximum Gasteiger partial charge on any atom is 0.329 e. The maximum atomic E-state index is 12.8. The molecule has 0 spiro atoms. The van der Waals surface area contributed by atoms with Gasteiger partial charge >= 0.3 is 5.97 Å². The van der Waals surface area contributed by atoms with Crippen molar-refractivity contribution in [3.8, 4) is 11.5 Å². The third-order valence-corrected chi connectivity index (χ3v) is 6.79. The first-order valence-corrected chi connectivity index (χ1v) is 11.1. The fourth-order valence-corrected chi connectivity index (χ4v) is 4.63. The number of carbonyl (C=O) groups is 2. The number of carbonyl (C=O) groups excluding carboxylic acids is 2. The van der Waals surface area contributed by atoms with E-state index in [-0.39, 0.29) is 10.7 Å². The Hall–Kier alpha value is -2.12. The van der Waals surface area contributed by atoms with Crippen molar-refractivity contribution < 1.29 is 19.1 Å². The van der Waals surface area contributed by atoms with Gasteiger partial charge in [-0.05, 0) is 24.3 Å². The molecule has 2 aromatic rings. The van der Waals surface area contributed by atoms with Gasteiger partial charge in [-0.2, -0.15) is 0 Å². The summed E-state index contributed by atoms with van der Waals surface area (Å²) in [5, 5.41) is 2.77. The van der Waals surface area contributed by atoms with E-state index in [2.05, 4.69) is 26.1 Å². The predicted octanol–water partition coefficient (Wildman–Crippen LogP) is 4.93. The third-order valence-electron chi connectivity index (χ3n) is 3.44. The summed E-state index contributed by atoms with van der Waals surface area (Å²) in [5.41, 5.74) is 0.355. The molecule has 1 N–H and O–H groups in total. The van der Waals surface area contributed by atoms with Gasteiger partial charge in [-0.3, -0.25) is 4.79 Å². The van der Waals surface area contributed by atoms with E-state index in [4.69, 9.17) is 9.47 Å². The molecular weight excluding hydrogens is 394 g/mol. The lowest BCUT2D eigenvalue weighted by atomic mass is 10.1. The molecular formula is C21H25NO4S2. The maximum absolute atomic E-state index is 12.8. The Bertz CT molecular complexity index is 790. The van der Waals surface area contributed by atoms with Crippen LogP contribution in [0.3, 0.4) is 0 Å². The molecule has 1 amide bonds. The summed E-state index contributed by atoms with van der Waals surface area (Å²) in [6.45, 7) is 6.27. The molecule has 5 nitrogen and oxygen atoms in total. The largest absolute Gasteiger partial charge is 0.467 e. The summed E-state index contributed by atoms with van der Waals surface area (Å²) < 4.78 is 10.7. The molecule has 0 heterocycles. The predicted molar refractivity (Wildman–Crippen MR) is 116 cm³/mol. The van der Waals surface area contributed by atoms with E-state index in [1.165, 1.54) is 17.9 Å². The standard InChI is InChI=1S/C21H25NO4S2/c1-21(2,3)28-27-14-17(20(24)25-4)22-19(23)16-12-8-9-13-18(16)26-15-10-6-5-7-11-15/h5-13,17H,14H2,1-4H3,(H,22,23)/t17-/m0/s1. The van der Waals surface area contributed by atoms with Crippen LogP contribution in [0.2, 0.25) is 0 Å². The second-order valence-electron chi connectivity index (χ2n) is 6.94. The first-order valence-electron chi connectivity index (χ1n) is 8.81. The normalized spacial score (nSPS) is 12.1. The number of methoxy groups -OCH3 is 1. The van der Waals surface area contributed by atoms with Crippen molar-refractivity contribution in [3.05, 3.63) is 60.2 Å². The molecule has 0 fully saturated rings. The van der Waals surface area contributed by atoms with Gasteiger partial charge in [0, 0.05) is 10.5 Å². The fourth-order valence-electron chi connectivity index (χ4n) is 2.18. The van der Waals surface area contributed by atoms with Crippen LogP contribution in [-0.4, -0.2) is 35.5 Å². The van der Waals surface area contributed by atoms with Crippen LogP contribution in [0.5, 0.6) is 11.5 Å². The Morgan fingerprint density at radius 3 is 2.32 bits per heavy atom. The fraction of sp³-hybridized carbons (Fsp3) is 0.333. The minimum atomic E-state index is -0.748. The van der Waals surface area contributed by atoms with Crippen molar-refractivity contribution in [2.24, 2.45) is 0 Å². The van der Waals surface area contributed by atoms with E-state index in [0.717, 1.165) is 0 Å². The first kappa shape index (κ1) is 22.2. The van der Waals surface area contributed by atoms with Crippen LogP contribution in [-0.2, 0) is 9.53 Å². The molecule has 150 valence electrons. The van der Waals surface area contributed by atoms with E-state index in [9.17, 15) is 9.59 Å². The number of benzene rings is 2. The van der Waals surface area contributed by atoms with E-state index in [0.29, 0.717) is 22.8 Å². The van der Waals surface area contributed by atoms with Crippen LogP contribution < -0.4 is 10.1 Å². The zero-order valence-corrected chi connectivity index (χ0v) is 18.1. The van der Waals surface area contributed by atoms with Gasteiger partial charge in [0.25, 0.3) is 5.91 Å². The van der Waals surface area contributed by atoms with Crippen LogP contribution in [0.1, 0.15) is 31.1 Å². The number of hydrogen-bond acceptors (Lipinski definition) is 6. The second-order valence-corrected chi connectivity index (χ2v) is 10.1. The molecule has 0 saturated heterocycles. The number of amides is 1. The van der Waals surface area contributed by atoms with Gasteiger partial charge in [0.05, 0.1) is 12.7 Å². The molecule has 0 bridgehead atoms. The first-order chi connectivity index (χ1) is 13.3. The molecule has 7 heteroatoms. The van der Waals surface area contributed by atoms with Crippen molar-refractivity contribution >= 4 is 33.5 Å². The van der Waals surface area contributed by atoms with Gasteiger partial charge in [0.15, 0.2) is 0 Å². The highest BCUT2D eigenvalue weighted by atomic mass is 33.1. The van der Waals surface area contributed by atoms with Crippen LogP contribution in [0.25, 0.3) is 0 Å². The van der Waals surface area contributed by atoms with Gasteiger partial charge < -0.3 is 14.8 Å². The number of ether oxygens (including phenoxy) is 2. The molecule has 0 aromatic heterocycles. The summed E-state index contributed by atoms with van der Waals surface area (Å²) in [5.74, 6) is 0.596. The Balaban J connectivity index is 2.11. The number of para-hydroxylation sites is 2. The van der Waals surface area contributed by atoms with Crippen LogP contribution in [0, 0.1) is 0 Å². The smallest absolute Gasteiger partial charge is 0.329 e. The molecule has 0 radical (unpaired) electrons. The van der Waals surface area contributed by atoms with Crippen molar-refractivity contribution in [2.45, 2.75) is 31.6 Å². The zero-order valence-electron chi connectivity index (χ0n) is 16.4. The number of esters is 1. The van der Waals surface area contributed by atoms with Crippen molar-refractivity contribution in [3.63, 3.8) is 0 Å². The molecule has 0 aliphatic heterocycles. The van der Waals surface area contributed by atoms with Crippen LogP contribution >= 0.6 is 21.6 Å². The quantitative estimate of drug-likeness (QED) is 0.483. The minimum Gasteiger partial charge on any atom is -0.467 e. The molecule has 2 rings (SSSR count). The van der Waals surface area contributed by atoms with Crippen molar-refractivity contribution in [2.75, 3.05) is 12.9 Å².